The highest BCUT2D eigenvalue weighted by Crippen LogP contribution is 2.28. The van der Waals surface area contributed by atoms with Crippen molar-refractivity contribution in [3.05, 3.63) is 39.9 Å². The fourth-order valence-corrected chi connectivity index (χ4v) is 4.80. The molecule has 4 rings (SSSR count). The van der Waals surface area contributed by atoms with Crippen molar-refractivity contribution in [3.8, 4) is 0 Å². The van der Waals surface area contributed by atoms with Crippen LogP contribution in [-0.4, -0.2) is 81.7 Å². The van der Waals surface area contributed by atoms with Crippen LogP contribution in [0.25, 0.3) is 0 Å². The highest BCUT2D eigenvalue weighted by Gasteiger charge is 2.21. The number of aliphatic hydroxyl groups excluding tert-OH is 1. The largest absolute Gasteiger partial charge is 0.395 e. The van der Waals surface area contributed by atoms with Gasteiger partial charge in [-0.05, 0) is 25.0 Å². The van der Waals surface area contributed by atoms with E-state index >= 15 is 0 Å². The molecule has 0 unspecified atom stereocenters. The van der Waals surface area contributed by atoms with E-state index in [1.165, 1.54) is 17.5 Å². The van der Waals surface area contributed by atoms with Crippen LogP contribution in [0.5, 0.6) is 0 Å². The number of β-amino-alcohol motifs (C(OH)–C–C–N with tert-alkyl or cyclic N) is 1. The first-order valence-corrected chi connectivity index (χ1v) is 13.5. The Morgan fingerprint density at radius 3 is 2.68 bits per heavy atom. The number of nitrogens with zero attached hydrogens (tertiary/aromatic N) is 6. The lowest BCUT2D eigenvalue weighted by Crippen LogP contribution is -2.47. The molecule has 2 aromatic heterocycles. The summed E-state index contributed by atoms with van der Waals surface area (Å²) in [7, 11) is 0. The number of piperazine rings is 1. The van der Waals surface area contributed by atoms with Gasteiger partial charge in [0, 0.05) is 39.3 Å². The average molecular weight is 546 g/mol. The zero-order valence-corrected chi connectivity index (χ0v) is 22.6. The number of benzene rings is 1. The number of rotatable bonds is 11. The smallest absolute Gasteiger partial charge is 0.267 e. The Labute approximate surface area is 225 Å². The van der Waals surface area contributed by atoms with Crippen LogP contribution in [0.4, 0.5) is 28.7 Å². The van der Waals surface area contributed by atoms with Crippen molar-refractivity contribution in [2.75, 3.05) is 66.7 Å². The van der Waals surface area contributed by atoms with Gasteiger partial charge in [0.2, 0.25) is 17.8 Å². The van der Waals surface area contributed by atoms with E-state index in [9.17, 15) is 9.90 Å². The summed E-state index contributed by atoms with van der Waals surface area (Å²) in [5, 5.41) is 19.5. The number of thiazole rings is 1. The molecule has 1 aliphatic rings. The van der Waals surface area contributed by atoms with Crippen LogP contribution in [0.2, 0.25) is 5.02 Å². The highest BCUT2D eigenvalue weighted by molar-refractivity contribution is 7.17. The minimum absolute atomic E-state index is 0.150. The van der Waals surface area contributed by atoms with Crippen LogP contribution in [-0.2, 0) is 0 Å². The molecule has 1 amide bonds. The van der Waals surface area contributed by atoms with Gasteiger partial charge in [0.25, 0.3) is 5.91 Å². The number of halogens is 1. The number of aromatic nitrogens is 4. The third-order valence-electron chi connectivity index (χ3n) is 5.92. The summed E-state index contributed by atoms with van der Waals surface area (Å²) < 4.78 is 0. The van der Waals surface area contributed by atoms with Crippen molar-refractivity contribution in [3.63, 3.8) is 0 Å². The molecule has 0 bridgehead atoms. The number of carbonyl (C=O) groups excluding carboxylic acids is 1. The molecule has 0 radical (unpaired) electrons. The third-order valence-corrected chi connectivity index (χ3v) is 7.14. The predicted octanol–water partition coefficient (Wildman–Crippen LogP) is 3.61. The number of hydrogen-bond acceptors (Lipinski definition) is 11. The molecule has 0 saturated carbocycles. The van der Waals surface area contributed by atoms with Crippen molar-refractivity contribution >= 4 is 57.5 Å². The van der Waals surface area contributed by atoms with Crippen molar-refractivity contribution in [1.29, 1.82) is 0 Å². The van der Waals surface area contributed by atoms with Gasteiger partial charge in [-0.2, -0.15) is 15.0 Å². The summed E-state index contributed by atoms with van der Waals surface area (Å²) in [6, 6.07) is 5.46. The van der Waals surface area contributed by atoms with E-state index in [1.807, 2.05) is 19.1 Å². The van der Waals surface area contributed by atoms with Crippen LogP contribution in [0.3, 0.4) is 0 Å². The summed E-state index contributed by atoms with van der Waals surface area (Å²) in [5.41, 5.74) is 1.46. The maximum atomic E-state index is 12.8. The molecule has 0 aliphatic carbocycles. The van der Waals surface area contributed by atoms with Gasteiger partial charge < -0.3 is 20.6 Å². The Morgan fingerprint density at radius 1 is 1.16 bits per heavy atom. The Bertz CT molecular complexity index is 1180. The molecule has 37 heavy (non-hydrogen) atoms. The molecule has 13 heteroatoms. The topological polar surface area (TPSA) is 131 Å². The normalized spacial score (nSPS) is 14.0. The standard InChI is InChI=1S/C24H32ClN9O2S/c1-3-4-8-26-21-29-22(31-23(30-21)34-11-9-33(10-12-34)13-14-35)32-24-27-15-18(37-24)20(36)28-19-16(2)6-5-7-17(19)25/h5-7,15,35H,3-4,8-14H2,1-2H3,(H,28,36)(H2,26,27,29,30,31,32). The first kappa shape index (κ1) is 27.0. The molecular formula is C24H32ClN9O2S. The van der Waals surface area contributed by atoms with Gasteiger partial charge in [0.05, 0.1) is 23.5 Å². The average Bonchev–Trinajstić information content (AvgIpc) is 3.35. The van der Waals surface area contributed by atoms with Crippen molar-refractivity contribution < 1.29 is 9.90 Å². The second-order valence-corrected chi connectivity index (χ2v) is 10.1. The number of unbranched alkanes of at least 4 members (excludes halogenated alkanes) is 1. The highest BCUT2D eigenvalue weighted by atomic mass is 35.5. The van der Waals surface area contributed by atoms with Crippen LogP contribution in [0.15, 0.2) is 24.4 Å². The summed E-state index contributed by atoms with van der Waals surface area (Å²) in [4.78, 5) is 35.7. The maximum Gasteiger partial charge on any atom is 0.267 e. The van der Waals surface area contributed by atoms with Gasteiger partial charge in [-0.3, -0.25) is 15.0 Å². The van der Waals surface area contributed by atoms with Gasteiger partial charge in [0.15, 0.2) is 5.13 Å². The molecule has 1 aliphatic heterocycles. The fraction of sp³-hybridized carbons (Fsp3) is 0.458. The number of para-hydroxylation sites is 1. The minimum atomic E-state index is -0.291. The Kier molecular flexibility index (Phi) is 9.45. The SMILES string of the molecule is CCCCNc1nc(Nc2ncc(C(=O)Nc3c(C)cccc3Cl)s2)nc(N2CCN(CCO)CC2)n1. The van der Waals surface area contributed by atoms with Crippen molar-refractivity contribution in [2.24, 2.45) is 0 Å². The van der Waals surface area contributed by atoms with E-state index in [0.717, 1.165) is 51.1 Å². The van der Waals surface area contributed by atoms with Gasteiger partial charge in [-0.25, -0.2) is 4.98 Å². The van der Waals surface area contributed by atoms with Crippen LogP contribution < -0.4 is 20.9 Å². The quantitative estimate of drug-likeness (QED) is 0.265. The van der Waals surface area contributed by atoms with E-state index in [-0.39, 0.29) is 12.5 Å². The fourth-order valence-electron chi connectivity index (χ4n) is 3.83. The molecule has 0 atom stereocenters. The Balaban J connectivity index is 1.48. The van der Waals surface area contributed by atoms with Crippen LogP contribution >= 0.6 is 22.9 Å². The Morgan fingerprint density at radius 2 is 1.95 bits per heavy atom. The number of amides is 1. The molecule has 3 aromatic rings. The van der Waals surface area contributed by atoms with Gasteiger partial charge >= 0.3 is 0 Å². The summed E-state index contributed by atoms with van der Waals surface area (Å²) in [5.74, 6) is 1.12. The number of aliphatic hydroxyl groups is 1. The zero-order chi connectivity index (χ0) is 26.2. The monoisotopic (exact) mass is 545 g/mol. The molecule has 4 N–H and O–H groups in total. The molecule has 1 saturated heterocycles. The van der Waals surface area contributed by atoms with Gasteiger partial charge in [-0.15, -0.1) is 0 Å². The number of carbonyl (C=O) groups is 1. The number of nitrogens with one attached hydrogen (secondary N) is 3. The molecule has 1 aromatic carbocycles. The zero-order valence-electron chi connectivity index (χ0n) is 21.0. The van der Waals surface area contributed by atoms with E-state index in [2.05, 4.69) is 52.6 Å². The molecular weight excluding hydrogens is 514 g/mol. The number of aryl methyl sites for hydroxylation is 1. The summed E-state index contributed by atoms with van der Waals surface area (Å²) >= 11 is 7.45. The van der Waals surface area contributed by atoms with Crippen molar-refractivity contribution in [2.45, 2.75) is 26.7 Å². The van der Waals surface area contributed by atoms with Crippen LogP contribution in [0, 0.1) is 6.92 Å². The predicted molar refractivity (Wildman–Crippen MR) is 149 cm³/mol. The van der Waals surface area contributed by atoms with E-state index < -0.39 is 0 Å². The molecule has 198 valence electrons. The first-order chi connectivity index (χ1) is 18.0. The molecule has 1 fully saturated rings. The van der Waals surface area contributed by atoms with Gasteiger partial charge in [-0.1, -0.05) is 48.4 Å². The lowest BCUT2D eigenvalue weighted by atomic mass is 10.2. The van der Waals surface area contributed by atoms with Crippen LogP contribution in [0.1, 0.15) is 35.0 Å². The van der Waals surface area contributed by atoms with Crippen molar-refractivity contribution in [1.82, 2.24) is 24.8 Å². The van der Waals surface area contributed by atoms with E-state index in [1.54, 1.807) is 6.07 Å². The second kappa shape index (κ2) is 13.0. The lowest BCUT2D eigenvalue weighted by molar-refractivity contribution is 0.103. The maximum absolute atomic E-state index is 12.8. The summed E-state index contributed by atoms with van der Waals surface area (Å²) in [6.45, 7) is 8.73. The van der Waals surface area contributed by atoms with E-state index in [4.69, 9.17) is 11.6 Å². The van der Waals surface area contributed by atoms with E-state index in [0.29, 0.717) is 45.1 Å². The minimum Gasteiger partial charge on any atom is -0.395 e. The molecule has 3 heterocycles. The second-order valence-electron chi connectivity index (χ2n) is 8.66. The molecule has 0 spiro atoms. The lowest BCUT2D eigenvalue weighted by Gasteiger charge is -2.34. The molecule has 11 nitrogen and oxygen atoms in total. The third kappa shape index (κ3) is 7.25. The summed E-state index contributed by atoms with van der Waals surface area (Å²) in [6.07, 6.45) is 3.57. The first-order valence-electron chi connectivity index (χ1n) is 12.3. The Hall–Kier alpha value is -3.06. The number of hydrogen-bond donors (Lipinski definition) is 4. The van der Waals surface area contributed by atoms with Gasteiger partial charge in [0.1, 0.15) is 4.88 Å². The number of anilines is 5.